The summed E-state index contributed by atoms with van der Waals surface area (Å²) in [5, 5.41) is 3.70. The zero-order valence-corrected chi connectivity index (χ0v) is 11.2. The van der Waals surface area contributed by atoms with E-state index in [1.165, 1.54) is 11.8 Å². The molecule has 17 heavy (non-hydrogen) atoms. The van der Waals surface area contributed by atoms with Gasteiger partial charge in [-0.15, -0.1) is 0 Å². The lowest BCUT2D eigenvalue weighted by molar-refractivity contribution is 0.218. The van der Waals surface area contributed by atoms with E-state index in [0.717, 1.165) is 12.3 Å². The van der Waals surface area contributed by atoms with Crippen LogP contribution >= 0.6 is 11.8 Å². The lowest BCUT2D eigenvalue weighted by Crippen LogP contribution is -2.07. The molecule has 0 radical (unpaired) electrons. The Labute approximate surface area is 106 Å². The Balaban J connectivity index is 2.72. The van der Waals surface area contributed by atoms with Gasteiger partial charge in [-0.3, -0.25) is 0 Å². The number of ether oxygens (including phenoxy) is 2. The van der Waals surface area contributed by atoms with Crippen molar-refractivity contribution in [3.8, 4) is 6.01 Å². The van der Waals surface area contributed by atoms with E-state index in [-0.39, 0.29) is 0 Å². The minimum absolute atomic E-state index is 0.360. The molecule has 0 saturated heterocycles. The van der Waals surface area contributed by atoms with Crippen molar-refractivity contribution in [2.45, 2.75) is 19.0 Å². The van der Waals surface area contributed by atoms with Crippen LogP contribution in [0, 0.1) is 0 Å². The third kappa shape index (κ3) is 5.18. The third-order valence-electron chi connectivity index (χ3n) is 1.72. The SMILES string of the molecule is CCNc1nc(OCC)nc(SCCOC)n1. The van der Waals surface area contributed by atoms with Crippen LogP contribution < -0.4 is 10.1 Å². The molecule has 0 aliphatic heterocycles. The Hall–Kier alpha value is -1.08. The van der Waals surface area contributed by atoms with E-state index in [0.29, 0.717) is 30.3 Å². The molecule has 96 valence electrons. The standard InChI is InChI=1S/C10H18N4O2S/c1-4-11-8-12-9(16-5-2)14-10(13-8)17-7-6-15-3/h4-7H2,1-3H3,(H,11,12,13,14). The van der Waals surface area contributed by atoms with E-state index in [2.05, 4.69) is 20.3 Å². The molecule has 0 aliphatic carbocycles. The molecule has 0 atom stereocenters. The van der Waals surface area contributed by atoms with E-state index in [1.807, 2.05) is 13.8 Å². The number of thioether (sulfide) groups is 1. The number of nitrogens with zero attached hydrogens (tertiary/aromatic N) is 3. The smallest absolute Gasteiger partial charge is 0.322 e. The molecule has 0 saturated carbocycles. The molecule has 0 spiro atoms. The zero-order chi connectivity index (χ0) is 12.5. The summed E-state index contributed by atoms with van der Waals surface area (Å²) in [5.41, 5.74) is 0. The molecule has 0 unspecified atom stereocenters. The highest BCUT2D eigenvalue weighted by Gasteiger charge is 2.07. The lowest BCUT2D eigenvalue weighted by atomic mass is 10.7. The lowest BCUT2D eigenvalue weighted by Gasteiger charge is -2.07. The molecule has 1 heterocycles. The number of anilines is 1. The fourth-order valence-corrected chi connectivity index (χ4v) is 1.78. The summed E-state index contributed by atoms with van der Waals surface area (Å²) >= 11 is 1.52. The molecule has 6 nitrogen and oxygen atoms in total. The fourth-order valence-electron chi connectivity index (χ4n) is 1.05. The van der Waals surface area contributed by atoms with Crippen molar-refractivity contribution in [2.75, 3.05) is 37.9 Å². The average Bonchev–Trinajstić information content (AvgIpc) is 2.30. The predicted octanol–water partition coefficient (Wildman–Crippen LogP) is 1.44. The molecule has 0 aromatic carbocycles. The van der Waals surface area contributed by atoms with Crippen molar-refractivity contribution in [1.82, 2.24) is 15.0 Å². The Morgan fingerprint density at radius 3 is 2.71 bits per heavy atom. The van der Waals surface area contributed by atoms with Crippen LogP contribution in [0.3, 0.4) is 0 Å². The summed E-state index contributed by atoms with van der Waals surface area (Å²) in [7, 11) is 1.67. The van der Waals surface area contributed by atoms with Crippen molar-refractivity contribution in [1.29, 1.82) is 0 Å². The van der Waals surface area contributed by atoms with Crippen LogP contribution in [0.5, 0.6) is 6.01 Å². The van der Waals surface area contributed by atoms with Gasteiger partial charge in [0.15, 0.2) is 5.16 Å². The van der Waals surface area contributed by atoms with Crippen LogP contribution in [-0.2, 0) is 4.74 Å². The first-order valence-corrected chi connectivity index (χ1v) is 6.53. The van der Waals surface area contributed by atoms with Gasteiger partial charge < -0.3 is 14.8 Å². The van der Waals surface area contributed by atoms with Gasteiger partial charge >= 0.3 is 6.01 Å². The van der Waals surface area contributed by atoms with Gasteiger partial charge in [0.2, 0.25) is 5.95 Å². The summed E-state index contributed by atoms with van der Waals surface area (Å²) in [6.45, 7) is 5.85. The zero-order valence-electron chi connectivity index (χ0n) is 10.4. The maximum absolute atomic E-state index is 5.29. The molecule has 1 aromatic heterocycles. The molecule has 0 bridgehead atoms. The summed E-state index contributed by atoms with van der Waals surface area (Å²) < 4.78 is 10.3. The Bertz CT molecular complexity index is 314. The maximum Gasteiger partial charge on any atom is 0.322 e. The molecule has 0 aliphatic rings. The molecule has 7 heteroatoms. The molecule has 0 fully saturated rings. The second-order valence-electron chi connectivity index (χ2n) is 3.03. The number of aromatic nitrogens is 3. The summed E-state index contributed by atoms with van der Waals surface area (Å²) in [5.74, 6) is 1.35. The van der Waals surface area contributed by atoms with Crippen LogP contribution in [0.25, 0.3) is 0 Å². The van der Waals surface area contributed by atoms with Crippen LogP contribution in [0.2, 0.25) is 0 Å². The first kappa shape index (κ1) is 14.0. The number of rotatable bonds is 8. The van der Waals surface area contributed by atoms with Gasteiger partial charge in [-0.1, -0.05) is 11.8 Å². The quantitative estimate of drug-likeness (QED) is 0.559. The molecule has 1 N–H and O–H groups in total. The van der Waals surface area contributed by atoms with Gasteiger partial charge in [-0.2, -0.15) is 15.0 Å². The van der Waals surface area contributed by atoms with Crippen LogP contribution in [0.4, 0.5) is 5.95 Å². The van der Waals surface area contributed by atoms with Crippen molar-refractivity contribution in [3.05, 3.63) is 0 Å². The van der Waals surface area contributed by atoms with Crippen molar-refractivity contribution in [3.63, 3.8) is 0 Å². The minimum Gasteiger partial charge on any atom is -0.464 e. The summed E-state index contributed by atoms with van der Waals surface area (Å²) in [6.07, 6.45) is 0. The monoisotopic (exact) mass is 258 g/mol. The highest BCUT2D eigenvalue weighted by atomic mass is 32.2. The largest absolute Gasteiger partial charge is 0.464 e. The summed E-state index contributed by atoms with van der Waals surface area (Å²) in [4.78, 5) is 12.6. The number of hydrogen-bond donors (Lipinski definition) is 1. The van der Waals surface area contributed by atoms with Crippen LogP contribution in [0.15, 0.2) is 5.16 Å². The molecular formula is C10H18N4O2S. The van der Waals surface area contributed by atoms with Crippen LogP contribution in [-0.4, -0.2) is 47.6 Å². The van der Waals surface area contributed by atoms with E-state index in [1.54, 1.807) is 7.11 Å². The van der Waals surface area contributed by atoms with Crippen molar-refractivity contribution < 1.29 is 9.47 Å². The normalized spacial score (nSPS) is 10.3. The van der Waals surface area contributed by atoms with Crippen molar-refractivity contribution in [2.24, 2.45) is 0 Å². The second-order valence-corrected chi connectivity index (χ2v) is 4.09. The topological polar surface area (TPSA) is 69.2 Å². The van der Waals surface area contributed by atoms with Crippen LogP contribution in [0.1, 0.15) is 13.8 Å². The van der Waals surface area contributed by atoms with Gasteiger partial charge in [0.1, 0.15) is 0 Å². The molecular weight excluding hydrogens is 240 g/mol. The fraction of sp³-hybridized carbons (Fsp3) is 0.700. The Morgan fingerprint density at radius 2 is 2.06 bits per heavy atom. The van der Waals surface area contributed by atoms with Crippen molar-refractivity contribution >= 4 is 17.7 Å². The predicted molar refractivity (Wildman–Crippen MR) is 67.8 cm³/mol. The first-order chi connectivity index (χ1) is 8.30. The average molecular weight is 258 g/mol. The Morgan fingerprint density at radius 1 is 1.24 bits per heavy atom. The van der Waals surface area contributed by atoms with Gasteiger partial charge in [-0.05, 0) is 13.8 Å². The van der Waals surface area contributed by atoms with Gasteiger partial charge in [0.05, 0.1) is 13.2 Å². The summed E-state index contributed by atoms with van der Waals surface area (Å²) in [6, 6.07) is 0.360. The molecule has 1 aromatic rings. The minimum atomic E-state index is 0.360. The first-order valence-electron chi connectivity index (χ1n) is 5.54. The number of hydrogen-bond acceptors (Lipinski definition) is 7. The Kier molecular flexibility index (Phi) is 6.64. The van der Waals surface area contributed by atoms with E-state index in [4.69, 9.17) is 9.47 Å². The van der Waals surface area contributed by atoms with Gasteiger partial charge in [0, 0.05) is 19.4 Å². The highest BCUT2D eigenvalue weighted by molar-refractivity contribution is 7.99. The van der Waals surface area contributed by atoms with E-state index >= 15 is 0 Å². The van der Waals surface area contributed by atoms with E-state index < -0.39 is 0 Å². The highest BCUT2D eigenvalue weighted by Crippen LogP contribution is 2.17. The van der Waals surface area contributed by atoms with Gasteiger partial charge in [0.25, 0.3) is 0 Å². The second kappa shape index (κ2) is 8.08. The molecule has 0 amide bonds. The van der Waals surface area contributed by atoms with Gasteiger partial charge in [-0.25, -0.2) is 0 Å². The number of nitrogens with one attached hydrogen (secondary N) is 1. The number of methoxy groups -OCH3 is 1. The molecule has 1 rings (SSSR count). The van der Waals surface area contributed by atoms with E-state index in [9.17, 15) is 0 Å². The third-order valence-corrected chi connectivity index (χ3v) is 2.53. The maximum atomic E-state index is 5.29.